The third-order valence-electron chi connectivity index (χ3n) is 5.05. The summed E-state index contributed by atoms with van der Waals surface area (Å²) >= 11 is 13.4. The van der Waals surface area contributed by atoms with E-state index in [0.717, 1.165) is 10.8 Å². The minimum Gasteiger partial charge on any atom is -0.383 e. The van der Waals surface area contributed by atoms with Gasteiger partial charge in [-0.1, -0.05) is 35.0 Å². The molecule has 2 aromatic carbocycles. The second-order valence-corrected chi connectivity index (χ2v) is 11.3. The molecule has 0 amide bonds. The maximum absolute atomic E-state index is 13.7. The van der Waals surface area contributed by atoms with Gasteiger partial charge in [-0.25, -0.2) is 18.4 Å². The summed E-state index contributed by atoms with van der Waals surface area (Å²) in [6, 6.07) is 17.0. The monoisotopic (exact) mass is 562 g/mol. The van der Waals surface area contributed by atoms with Crippen molar-refractivity contribution in [2.24, 2.45) is 0 Å². The first-order valence-electron chi connectivity index (χ1n) is 11.0. The van der Waals surface area contributed by atoms with E-state index in [1.807, 2.05) is 24.3 Å². The number of H-pyrrole nitrogens is 1. The Kier molecular flexibility index (Phi) is 8.98. The van der Waals surface area contributed by atoms with Gasteiger partial charge in [-0.2, -0.15) is 0 Å². The van der Waals surface area contributed by atoms with Crippen molar-refractivity contribution in [2.75, 3.05) is 40.3 Å². The van der Waals surface area contributed by atoms with E-state index >= 15 is 0 Å². The molecule has 8 nitrogen and oxygen atoms in total. The number of thioether (sulfide) groups is 1. The highest BCUT2D eigenvalue weighted by molar-refractivity contribution is 7.99. The molecule has 0 atom stereocenters. The molecule has 4 rings (SSSR count). The fraction of sp³-hybridized carbons (Fsp3) is 0.167. The van der Waals surface area contributed by atoms with Crippen LogP contribution in [0.5, 0.6) is 0 Å². The van der Waals surface area contributed by atoms with Crippen molar-refractivity contribution < 1.29 is 8.42 Å². The van der Waals surface area contributed by atoms with E-state index in [1.165, 1.54) is 28.2 Å². The van der Waals surface area contributed by atoms with Gasteiger partial charge in [0.2, 0.25) is 0 Å². The third-order valence-corrected chi connectivity index (χ3v) is 8.27. The molecule has 0 fully saturated rings. The minimum absolute atomic E-state index is 0.147. The molecule has 0 saturated carbocycles. The zero-order chi connectivity index (χ0) is 25.4. The fourth-order valence-corrected chi connectivity index (χ4v) is 5.94. The van der Waals surface area contributed by atoms with Gasteiger partial charge >= 0.3 is 0 Å². The first kappa shape index (κ1) is 26.2. The van der Waals surface area contributed by atoms with Crippen LogP contribution in [0.4, 0.5) is 17.2 Å². The van der Waals surface area contributed by atoms with E-state index in [1.54, 1.807) is 42.9 Å². The molecule has 12 heteroatoms. The number of nitrogens with one attached hydrogen (secondary N) is 3. The molecule has 0 saturated heterocycles. The smallest absolute Gasteiger partial charge is 0.264 e. The number of halogens is 2. The highest BCUT2D eigenvalue weighted by atomic mass is 35.5. The van der Waals surface area contributed by atoms with Gasteiger partial charge < -0.3 is 15.6 Å². The van der Waals surface area contributed by atoms with E-state index in [0.29, 0.717) is 40.4 Å². The number of benzene rings is 2. The molecular formula is C24H24Cl2N6O2S2. The van der Waals surface area contributed by atoms with Crippen LogP contribution in [0.3, 0.4) is 0 Å². The zero-order valence-electron chi connectivity index (χ0n) is 19.1. The lowest BCUT2D eigenvalue weighted by molar-refractivity contribution is 0.592. The van der Waals surface area contributed by atoms with Gasteiger partial charge in [0, 0.05) is 59.7 Å². The first-order valence-corrected chi connectivity index (χ1v) is 14.2. The Balaban J connectivity index is 1.53. The lowest BCUT2D eigenvalue weighted by Gasteiger charge is -2.26. The minimum atomic E-state index is -3.89. The lowest BCUT2D eigenvalue weighted by atomic mass is 10.3. The Morgan fingerprint density at radius 1 is 0.889 bits per heavy atom. The summed E-state index contributed by atoms with van der Waals surface area (Å²) in [4.78, 5) is 11.8. The van der Waals surface area contributed by atoms with Crippen molar-refractivity contribution in [1.82, 2.24) is 15.0 Å². The Bertz CT molecular complexity index is 1350. The van der Waals surface area contributed by atoms with Gasteiger partial charge in [0.1, 0.15) is 0 Å². The van der Waals surface area contributed by atoms with Crippen molar-refractivity contribution >= 4 is 62.2 Å². The van der Waals surface area contributed by atoms with Gasteiger partial charge in [0.05, 0.1) is 10.6 Å². The number of sulfonamides is 1. The quantitative estimate of drug-likeness (QED) is 0.152. The number of rotatable bonds is 12. The van der Waals surface area contributed by atoms with Gasteiger partial charge in [-0.05, 0) is 60.7 Å². The fourth-order valence-electron chi connectivity index (χ4n) is 3.35. The normalized spacial score (nSPS) is 11.3. The van der Waals surface area contributed by atoms with Crippen LogP contribution in [0.15, 0.2) is 89.3 Å². The Morgan fingerprint density at radius 2 is 1.58 bits per heavy atom. The van der Waals surface area contributed by atoms with Crippen LogP contribution in [0, 0.1) is 0 Å². The Hall–Kier alpha value is -2.92. The van der Waals surface area contributed by atoms with Crippen molar-refractivity contribution in [3.8, 4) is 0 Å². The van der Waals surface area contributed by atoms with Crippen LogP contribution < -0.4 is 14.9 Å². The molecule has 0 bridgehead atoms. The molecule has 0 aliphatic heterocycles. The van der Waals surface area contributed by atoms with Crippen LogP contribution in [0.25, 0.3) is 0 Å². The summed E-state index contributed by atoms with van der Waals surface area (Å²) in [5.41, 5.74) is 1.39. The highest BCUT2D eigenvalue weighted by Crippen LogP contribution is 2.30. The number of nitrogens with zero attached hydrogens (tertiary/aromatic N) is 3. The second-order valence-electron chi connectivity index (χ2n) is 7.51. The standard InChI is InChI=1S/C24H24Cl2N6O2S2/c25-18-3-7-20(8-4-18)27-12-13-29-23-22(2-1-11-28-23)32(16-17-35-24-30-14-15-31-24)36(33,34)21-9-5-19(26)6-10-21/h1-11,14-15,27H,12-13,16-17H2,(H,28,29)(H,30,31). The van der Waals surface area contributed by atoms with Gasteiger partial charge in [0.15, 0.2) is 11.0 Å². The van der Waals surface area contributed by atoms with Crippen molar-refractivity contribution in [3.63, 3.8) is 0 Å². The average molecular weight is 564 g/mol. The molecule has 0 radical (unpaired) electrons. The van der Waals surface area contributed by atoms with Crippen LogP contribution in [-0.2, 0) is 10.0 Å². The second kappa shape index (κ2) is 12.4. The number of imidazole rings is 1. The summed E-state index contributed by atoms with van der Waals surface area (Å²) in [6.45, 7) is 1.32. The number of hydrogen-bond donors (Lipinski definition) is 3. The van der Waals surface area contributed by atoms with Crippen LogP contribution >= 0.6 is 35.0 Å². The van der Waals surface area contributed by atoms with Crippen molar-refractivity contribution in [2.45, 2.75) is 10.1 Å². The van der Waals surface area contributed by atoms with Crippen LogP contribution in [0.1, 0.15) is 0 Å². The molecule has 36 heavy (non-hydrogen) atoms. The zero-order valence-corrected chi connectivity index (χ0v) is 22.2. The lowest BCUT2D eigenvalue weighted by Crippen LogP contribution is -2.34. The van der Waals surface area contributed by atoms with E-state index < -0.39 is 10.0 Å². The maximum atomic E-state index is 13.7. The molecule has 4 aromatic rings. The van der Waals surface area contributed by atoms with Crippen LogP contribution in [0.2, 0.25) is 10.0 Å². The first-order chi connectivity index (χ1) is 17.4. The van der Waals surface area contributed by atoms with Crippen LogP contribution in [-0.4, -0.2) is 48.8 Å². The molecular weight excluding hydrogens is 539 g/mol. The summed E-state index contributed by atoms with van der Waals surface area (Å²) in [7, 11) is -3.89. The number of aromatic amines is 1. The molecule has 0 spiro atoms. The predicted molar refractivity (Wildman–Crippen MR) is 148 cm³/mol. The van der Waals surface area contributed by atoms with Gasteiger partial charge in [-0.3, -0.25) is 4.31 Å². The predicted octanol–water partition coefficient (Wildman–Crippen LogP) is 5.62. The van der Waals surface area contributed by atoms with Gasteiger partial charge in [-0.15, -0.1) is 0 Å². The number of pyridine rings is 1. The van der Waals surface area contributed by atoms with E-state index in [2.05, 4.69) is 25.6 Å². The SMILES string of the molecule is O=S(=O)(c1ccc(Cl)cc1)N(CCSc1ncc[nH]1)c1cccnc1NCCNc1ccc(Cl)cc1. The summed E-state index contributed by atoms with van der Waals surface area (Å²) in [6.07, 6.45) is 5.01. The Labute approximate surface area is 224 Å². The number of hydrogen-bond acceptors (Lipinski definition) is 7. The Morgan fingerprint density at radius 3 is 2.28 bits per heavy atom. The number of anilines is 3. The highest BCUT2D eigenvalue weighted by Gasteiger charge is 2.27. The average Bonchev–Trinajstić information content (AvgIpc) is 3.40. The summed E-state index contributed by atoms with van der Waals surface area (Å²) in [5.74, 6) is 0.947. The molecule has 0 aliphatic carbocycles. The van der Waals surface area contributed by atoms with E-state index in [-0.39, 0.29) is 11.4 Å². The number of aromatic nitrogens is 3. The summed E-state index contributed by atoms with van der Waals surface area (Å²) in [5, 5.41) is 8.41. The largest absolute Gasteiger partial charge is 0.383 e. The van der Waals surface area contributed by atoms with E-state index in [9.17, 15) is 8.42 Å². The van der Waals surface area contributed by atoms with Crippen molar-refractivity contribution in [3.05, 3.63) is 89.3 Å². The maximum Gasteiger partial charge on any atom is 0.264 e. The topological polar surface area (TPSA) is 103 Å². The molecule has 0 unspecified atom stereocenters. The molecule has 2 aromatic heterocycles. The van der Waals surface area contributed by atoms with Gasteiger partial charge in [0.25, 0.3) is 10.0 Å². The molecule has 2 heterocycles. The summed E-state index contributed by atoms with van der Waals surface area (Å²) < 4.78 is 28.8. The third kappa shape index (κ3) is 6.85. The molecule has 0 aliphatic rings. The van der Waals surface area contributed by atoms with Crippen molar-refractivity contribution in [1.29, 1.82) is 0 Å². The van der Waals surface area contributed by atoms with E-state index in [4.69, 9.17) is 23.2 Å². The molecule has 188 valence electrons. The molecule has 3 N–H and O–H groups in total.